The molecule has 0 aliphatic rings. The third-order valence-corrected chi connectivity index (χ3v) is 2.73. The summed E-state index contributed by atoms with van der Waals surface area (Å²) in [4.78, 5) is 4.10. The molecule has 0 saturated carbocycles. The quantitative estimate of drug-likeness (QED) is 0.761. The predicted molar refractivity (Wildman–Crippen MR) is 86.3 cm³/mol. The number of rotatable bonds is 8. The van der Waals surface area contributed by atoms with Crippen molar-refractivity contribution < 1.29 is 9.47 Å². The van der Waals surface area contributed by atoms with Gasteiger partial charge in [-0.2, -0.15) is 0 Å². The summed E-state index contributed by atoms with van der Waals surface area (Å²) >= 11 is 0. The van der Waals surface area contributed by atoms with E-state index in [0.717, 1.165) is 18.8 Å². The average molecular weight is 309 g/mol. The maximum Gasteiger partial charge on any atom is 0.213 e. The fourth-order valence-corrected chi connectivity index (χ4v) is 1.76. The van der Waals surface area contributed by atoms with Crippen molar-refractivity contribution in [3.63, 3.8) is 0 Å². The van der Waals surface area contributed by atoms with Crippen molar-refractivity contribution in [1.29, 1.82) is 0 Å². The van der Waals surface area contributed by atoms with Crippen molar-refractivity contribution in [2.75, 3.05) is 19.8 Å². The van der Waals surface area contributed by atoms with Crippen LogP contribution in [0.5, 0.6) is 11.6 Å². The van der Waals surface area contributed by atoms with E-state index in [9.17, 15) is 0 Å². The van der Waals surface area contributed by atoms with Crippen LogP contribution in [0.15, 0.2) is 48.7 Å². The van der Waals surface area contributed by atoms with Gasteiger partial charge in [-0.15, -0.1) is 12.4 Å². The van der Waals surface area contributed by atoms with Gasteiger partial charge in [0.2, 0.25) is 5.88 Å². The Balaban J connectivity index is 0.00000220. The van der Waals surface area contributed by atoms with Gasteiger partial charge in [0.05, 0.1) is 6.61 Å². The summed E-state index contributed by atoms with van der Waals surface area (Å²) in [5.74, 6) is 1.57. The van der Waals surface area contributed by atoms with E-state index in [-0.39, 0.29) is 12.4 Å². The second kappa shape index (κ2) is 10.0. The molecule has 21 heavy (non-hydrogen) atoms. The van der Waals surface area contributed by atoms with E-state index in [4.69, 9.17) is 9.47 Å². The summed E-state index contributed by atoms with van der Waals surface area (Å²) in [6.07, 6.45) is 1.72. The molecule has 2 aromatic rings. The lowest BCUT2D eigenvalue weighted by Gasteiger charge is -2.08. The Bertz CT molecular complexity index is 491. The Labute approximate surface area is 131 Å². The first-order chi connectivity index (χ1) is 9.88. The molecular weight excluding hydrogens is 288 g/mol. The summed E-state index contributed by atoms with van der Waals surface area (Å²) in [7, 11) is 0. The number of hydrogen-bond acceptors (Lipinski definition) is 4. The maximum absolute atomic E-state index is 5.50. The molecule has 1 aromatic heterocycles. The number of halogens is 1. The normalized spacial score (nSPS) is 9.76. The Morgan fingerprint density at radius 2 is 1.86 bits per heavy atom. The Morgan fingerprint density at radius 1 is 1.05 bits per heavy atom. The van der Waals surface area contributed by atoms with Crippen molar-refractivity contribution in [3.8, 4) is 11.6 Å². The van der Waals surface area contributed by atoms with Gasteiger partial charge in [-0.25, -0.2) is 4.98 Å². The number of pyridine rings is 1. The second-order valence-corrected chi connectivity index (χ2v) is 4.27. The lowest BCUT2D eigenvalue weighted by Crippen LogP contribution is -2.20. The van der Waals surface area contributed by atoms with E-state index < -0.39 is 0 Å². The van der Waals surface area contributed by atoms with Crippen LogP contribution in [-0.2, 0) is 6.54 Å². The van der Waals surface area contributed by atoms with E-state index in [2.05, 4.69) is 22.4 Å². The smallest absolute Gasteiger partial charge is 0.213 e. The maximum atomic E-state index is 5.50. The molecule has 1 N–H and O–H groups in total. The molecule has 0 amide bonds. The van der Waals surface area contributed by atoms with E-state index in [0.29, 0.717) is 19.1 Å². The van der Waals surface area contributed by atoms with E-state index >= 15 is 0 Å². The molecule has 0 saturated heterocycles. The van der Waals surface area contributed by atoms with Crippen molar-refractivity contribution >= 4 is 12.4 Å². The molecule has 0 spiro atoms. The van der Waals surface area contributed by atoms with Crippen LogP contribution in [-0.4, -0.2) is 24.7 Å². The van der Waals surface area contributed by atoms with E-state index in [1.807, 2.05) is 37.3 Å². The first-order valence-corrected chi connectivity index (χ1v) is 6.85. The van der Waals surface area contributed by atoms with Crippen LogP contribution in [0.1, 0.15) is 12.5 Å². The van der Waals surface area contributed by atoms with Gasteiger partial charge in [-0.1, -0.05) is 18.2 Å². The number of nitrogens with zero attached hydrogens (tertiary/aromatic N) is 1. The molecule has 0 radical (unpaired) electrons. The summed E-state index contributed by atoms with van der Waals surface area (Å²) in [6, 6.07) is 13.8. The number of aromatic nitrogens is 1. The zero-order valence-corrected chi connectivity index (χ0v) is 12.9. The topological polar surface area (TPSA) is 43.4 Å². The Morgan fingerprint density at radius 3 is 2.52 bits per heavy atom. The van der Waals surface area contributed by atoms with Crippen molar-refractivity contribution in [2.45, 2.75) is 13.5 Å². The van der Waals surface area contributed by atoms with Crippen molar-refractivity contribution in [1.82, 2.24) is 10.3 Å². The molecule has 0 atom stereocenters. The van der Waals surface area contributed by atoms with Gasteiger partial charge in [0.1, 0.15) is 12.4 Å². The van der Waals surface area contributed by atoms with E-state index in [1.54, 1.807) is 6.20 Å². The summed E-state index contributed by atoms with van der Waals surface area (Å²) in [6.45, 7) is 4.88. The van der Waals surface area contributed by atoms with Gasteiger partial charge in [0.25, 0.3) is 0 Å². The third-order valence-electron chi connectivity index (χ3n) is 2.73. The molecule has 0 aliphatic heterocycles. The third kappa shape index (κ3) is 6.47. The minimum atomic E-state index is 0. The molecule has 0 unspecified atom stereocenters. The van der Waals surface area contributed by atoms with Crippen LogP contribution in [0.25, 0.3) is 0 Å². The standard InChI is InChI=1S/C16H20N2O2.ClH/c1-2-19-15-8-6-14(7-9-15)13-17-11-12-20-16-5-3-4-10-18-16;/h3-10,17H,2,11-13H2,1H3;1H. The van der Waals surface area contributed by atoms with Crippen LogP contribution in [0.3, 0.4) is 0 Å². The molecule has 1 aromatic carbocycles. The average Bonchev–Trinajstić information content (AvgIpc) is 2.50. The molecule has 5 heteroatoms. The highest BCUT2D eigenvalue weighted by Gasteiger charge is 1.96. The SMILES string of the molecule is CCOc1ccc(CNCCOc2ccccn2)cc1.Cl. The Hall–Kier alpha value is -1.78. The van der Waals surface area contributed by atoms with Crippen LogP contribution in [0, 0.1) is 0 Å². The lowest BCUT2D eigenvalue weighted by atomic mass is 10.2. The zero-order valence-electron chi connectivity index (χ0n) is 12.1. The van der Waals surface area contributed by atoms with Gasteiger partial charge in [-0.05, 0) is 30.7 Å². The molecule has 4 nitrogen and oxygen atoms in total. The van der Waals surface area contributed by atoms with Crippen LogP contribution < -0.4 is 14.8 Å². The van der Waals surface area contributed by atoms with Crippen molar-refractivity contribution in [3.05, 3.63) is 54.2 Å². The molecule has 0 fully saturated rings. The number of ether oxygens (including phenoxy) is 2. The molecule has 1 heterocycles. The van der Waals surface area contributed by atoms with Gasteiger partial charge in [0.15, 0.2) is 0 Å². The summed E-state index contributed by atoms with van der Waals surface area (Å²) in [5, 5.41) is 3.33. The molecular formula is C16H21ClN2O2. The highest BCUT2D eigenvalue weighted by Crippen LogP contribution is 2.11. The number of nitrogens with one attached hydrogen (secondary N) is 1. The first-order valence-electron chi connectivity index (χ1n) is 6.85. The lowest BCUT2D eigenvalue weighted by molar-refractivity contribution is 0.302. The van der Waals surface area contributed by atoms with Gasteiger partial charge in [-0.3, -0.25) is 0 Å². The molecule has 0 aliphatic carbocycles. The monoisotopic (exact) mass is 308 g/mol. The largest absolute Gasteiger partial charge is 0.494 e. The van der Waals surface area contributed by atoms with Gasteiger partial charge >= 0.3 is 0 Å². The van der Waals surface area contributed by atoms with Crippen molar-refractivity contribution in [2.24, 2.45) is 0 Å². The van der Waals surface area contributed by atoms with Gasteiger partial charge < -0.3 is 14.8 Å². The highest BCUT2D eigenvalue weighted by atomic mass is 35.5. The first kappa shape index (κ1) is 17.3. The summed E-state index contributed by atoms with van der Waals surface area (Å²) < 4.78 is 10.9. The zero-order chi connectivity index (χ0) is 14.0. The predicted octanol–water partition coefficient (Wildman–Crippen LogP) is 3.07. The fourth-order valence-electron chi connectivity index (χ4n) is 1.76. The molecule has 0 bridgehead atoms. The minimum absolute atomic E-state index is 0. The molecule has 114 valence electrons. The molecule has 2 rings (SSSR count). The minimum Gasteiger partial charge on any atom is -0.494 e. The summed E-state index contributed by atoms with van der Waals surface area (Å²) in [5.41, 5.74) is 1.23. The van der Waals surface area contributed by atoms with Crippen LogP contribution >= 0.6 is 12.4 Å². The number of hydrogen-bond donors (Lipinski definition) is 1. The van der Waals surface area contributed by atoms with Crippen LogP contribution in [0.2, 0.25) is 0 Å². The van der Waals surface area contributed by atoms with Crippen LogP contribution in [0.4, 0.5) is 0 Å². The van der Waals surface area contributed by atoms with E-state index in [1.165, 1.54) is 5.56 Å². The Kier molecular flexibility index (Phi) is 8.24. The highest BCUT2D eigenvalue weighted by molar-refractivity contribution is 5.85. The second-order valence-electron chi connectivity index (χ2n) is 4.27. The van der Waals surface area contributed by atoms with Gasteiger partial charge in [0, 0.05) is 25.4 Å². The fraction of sp³-hybridized carbons (Fsp3) is 0.312. The number of benzene rings is 1.